The zero-order valence-electron chi connectivity index (χ0n) is 10.1. The van der Waals surface area contributed by atoms with Crippen LogP contribution in [0.5, 0.6) is 5.88 Å². The number of rotatable bonds is 2. The van der Waals surface area contributed by atoms with Gasteiger partial charge in [-0.1, -0.05) is 0 Å². The summed E-state index contributed by atoms with van der Waals surface area (Å²) in [5.74, 6) is -0.532. The minimum atomic E-state index is -0.907. The molecule has 9 heteroatoms. The number of aromatic hydroxyl groups is 1. The molecule has 9 nitrogen and oxygen atoms in total. The molecule has 1 heterocycles. The summed E-state index contributed by atoms with van der Waals surface area (Å²) in [4.78, 5) is 33.8. The standard InChI is InChI=1S/C9H13N5O4/c1-4(11-12-8(10)17)5-6(15)13(2)9(18)14(3)7(5)16/h15H,1-3H3,(H3,10,12,17). The number of carbonyl (C=O) groups excluding carboxylic acids is 1. The quantitative estimate of drug-likeness (QED) is 0.424. The molecule has 1 rings (SSSR count). The van der Waals surface area contributed by atoms with Gasteiger partial charge in [0.2, 0.25) is 5.88 Å². The predicted octanol–water partition coefficient (Wildman–Crippen LogP) is -1.82. The molecule has 0 saturated heterocycles. The lowest BCUT2D eigenvalue weighted by Crippen LogP contribution is -2.40. The number of amides is 2. The lowest BCUT2D eigenvalue weighted by atomic mass is 10.2. The number of nitrogens with two attached hydrogens (primary N) is 1. The molecule has 0 saturated carbocycles. The van der Waals surface area contributed by atoms with Crippen LogP contribution in [0.3, 0.4) is 0 Å². The lowest BCUT2D eigenvalue weighted by molar-refractivity contribution is 0.249. The van der Waals surface area contributed by atoms with Gasteiger partial charge in [-0.15, -0.1) is 0 Å². The number of hydrogen-bond acceptors (Lipinski definition) is 5. The van der Waals surface area contributed by atoms with Crippen molar-refractivity contribution in [3.63, 3.8) is 0 Å². The number of aromatic nitrogens is 2. The van der Waals surface area contributed by atoms with Crippen molar-refractivity contribution in [2.45, 2.75) is 6.92 Å². The maximum absolute atomic E-state index is 11.8. The smallest absolute Gasteiger partial charge is 0.333 e. The Labute approximate surface area is 101 Å². The molecule has 0 spiro atoms. The van der Waals surface area contributed by atoms with Crippen LogP contribution in [0.4, 0.5) is 4.79 Å². The Hall–Kier alpha value is -2.58. The van der Waals surface area contributed by atoms with E-state index in [0.29, 0.717) is 0 Å². The van der Waals surface area contributed by atoms with Crippen LogP contribution in [0.2, 0.25) is 0 Å². The third-order valence-electron chi connectivity index (χ3n) is 2.33. The van der Waals surface area contributed by atoms with Crippen molar-refractivity contribution in [1.29, 1.82) is 0 Å². The number of nitrogens with zero attached hydrogens (tertiary/aromatic N) is 3. The van der Waals surface area contributed by atoms with Crippen molar-refractivity contribution >= 4 is 11.7 Å². The highest BCUT2D eigenvalue weighted by molar-refractivity contribution is 6.00. The Morgan fingerprint density at radius 1 is 1.33 bits per heavy atom. The number of nitrogens with one attached hydrogen (secondary N) is 1. The van der Waals surface area contributed by atoms with Crippen molar-refractivity contribution < 1.29 is 9.90 Å². The van der Waals surface area contributed by atoms with Crippen LogP contribution in [0, 0.1) is 0 Å². The largest absolute Gasteiger partial charge is 0.494 e. The van der Waals surface area contributed by atoms with Gasteiger partial charge in [-0.25, -0.2) is 15.0 Å². The molecule has 0 fully saturated rings. The van der Waals surface area contributed by atoms with Crippen LogP contribution < -0.4 is 22.4 Å². The van der Waals surface area contributed by atoms with Crippen LogP contribution in [0.15, 0.2) is 14.7 Å². The van der Waals surface area contributed by atoms with E-state index in [4.69, 9.17) is 5.73 Å². The summed E-state index contributed by atoms with van der Waals surface area (Å²) < 4.78 is 1.71. The van der Waals surface area contributed by atoms with Gasteiger partial charge in [0.1, 0.15) is 5.56 Å². The van der Waals surface area contributed by atoms with E-state index in [0.717, 1.165) is 9.13 Å². The first-order valence-electron chi connectivity index (χ1n) is 4.86. The molecule has 0 unspecified atom stereocenters. The second kappa shape index (κ2) is 4.73. The number of primary amides is 1. The third kappa shape index (κ3) is 2.24. The molecule has 4 N–H and O–H groups in total. The van der Waals surface area contributed by atoms with E-state index in [1.807, 2.05) is 5.43 Å². The molecule has 0 aliphatic heterocycles. The van der Waals surface area contributed by atoms with Crippen LogP contribution >= 0.6 is 0 Å². The second-order valence-corrected chi connectivity index (χ2v) is 3.58. The lowest BCUT2D eigenvalue weighted by Gasteiger charge is -2.09. The van der Waals surface area contributed by atoms with E-state index in [-0.39, 0.29) is 11.3 Å². The second-order valence-electron chi connectivity index (χ2n) is 3.58. The SMILES string of the molecule is CC(=NNC(N)=O)c1c(O)n(C)c(=O)n(C)c1=O. The van der Waals surface area contributed by atoms with Gasteiger partial charge >= 0.3 is 11.7 Å². The molecule has 1 aromatic rings. The van der Waals surface area contributed by atoms with Gasteiger partial charge < -0.3 is 10.8 Å². The fraction of sp³-hybridized carbons (Fsp3) is 0.333. The van der Waals surface area contributed by atoms with E-state index in [1.165, 1.54) is 21.0 Å². The first-order chi connectivity index (χ1) is 8.27. The van der Waals surface area contributed by atoms with Gasteiger partial charge in [0, 0.05) is 14.1 Å². The highest BCUT2D eigenvalue weighted by Gasteiger charge is 2.17. The molecule has 2 amide bonds. The molecule has 0 aliphatic carbocycles. The molecule has 0 bridgehead atoms. The summed E-state index contributed by atoms with van der Waals surface area (Å²) in [6, 6.07) is -0.907. The summed E-state index contributed by atoms with van der Waals surface area (Å²) in [6.45, 7) is 1.39. The van der Waals surface area contributed by atoms with Crippen molar-refractivity contribution in [3.8, 4) is 5.88 Å². The van der Waals surface area contributed by atoms with E-state index >= 15 is 0 Å². The van der Waals surface area contributed by atoms with Gasteiger partial charge in [0.05, 0.1) is 5.71 Å². The van der Waals surface area contributed by atoms with Crippen molar-refractivity contribution in [3.05, 3.63) is 26.4 Å². The molecule has 0 atom stereocenters. The summed E-state index contributed by atoms with van der Waals surface area (Å²) >= 11 is 0. The summed E-state index contributed by atoms with van der Waals surface area (Å²) in [7, 11) is 2.57. The average Bonchev–Trinajstić information content (AvgIpc) is 2.31. The molecular formula is C9H13N5O4. The van der Waals surface area contributed by atoms with Crippen LogP contribution in [-0.4, -0.2) is 26.0 Å². The molecular weight excluding hydrogens is 242 g/mol. The Morgan fingerprint density at radius 2 is 1.89 bits per heavy atom. The molecule has 0 aromatic carbocycles. The Kier molecular flexibility index (Phi) is 3.55. The fourth-order valence-electron chi connectivity index (χ4n) is 1.34. The first-order valence-corrected chi connectivity index (χ1v) is 4.86. The molecule has 98 valence electrons. The van der Waals surface area contributed by atoms with Gasteiger partial charge in [-0.3, -0.25) is 13.9 Å². The van der Waals surface area contributed by atoms with Crippen molar-refractivity contribution in [2.75, 3.05) is 0 Å². The number of hydrogen-bond donors (Lipinski definition) is 3. The maximum Gasteiger partial charge on any atom is 0.333 e. The molecule has 1 aromatic heterocycles. The van der Waals surface area contributed by atoms with Crippen molar-refractivity contribution in [1.82, 2.24) is 14.6 Å². The summed E-state index contributed by atoms with van der Waals surface area (Å²) in [5, 5.41) is 13.3. The highest BCUT2D eigenvalue weighted by atomic mass is 16.3. The van der Waals surface area contributed by atoms with Crippen LogP contribution in [-0.2, 0) is 14.1 Å². The monoisotopic (exact) mass is 255 g/mol. The number of hydrazone groups is 1. The number of carbonyl (C=O) groups is 1. The van der Waals surface area contributed by atoms with E-state index in [1.54, 1.807) is 0 Å². The van der Waals surface area contributed by atoms with Gasteiger partial charge in [-0.2, -0.15) is 5.10 Å². The molecule has 0 radical (unpaired) electrons. The minimum absolute atomic E-state index is 0.0301. The molecule has 18 heavy (non-hydrogen) atoms. The maximum atomic E-state index is 11.8. The van der Waals surface area contributed by atoms with Crippen LogP contribution in [0.25, 0.3) is 0 Å². The fourth-order valence-corrected chi connectivity index (χ4v) is 1.34. The zero-order valence-corrected chi connectivity index (χ0v) is 10.1. The Balaban J connectivity index is 3.52. The van der Waals surface area contributed by atoms with E-state index in [9.17, 15) is 19.5 Å². The zero-order chi connectivity index (χ0) is 14.0. The molecule has 0 aliphatic rings. The topological polar surface area (TPSA) is 132 Å². The van der Waals surface area contributed by atoms with E-state index in [2.05, 4.69) is 5.10 Å². The third-order valence-corrected chi connectivity index (χ3v) is 2.33. The minimum Gasteiger partial charge on any atom is -0.494 e. The Morgan fingerprint density at radius 3 is 2.39 bits per heavy atom. The van der Waals surface area contributed by atoms with Crippen LogP contribution in [0.1, 0.15) is 12.5 Å². The average molecular weight is 255 g/mol. The van der Waals surface area contributed by atoms with Gasteiger partial charge in [-0.05, 0) is 6.92 Å². The van der Waals surface area contributed by atoms with Crippen molar-refractivity contribution in [2.24, 2.45) is 24.9 Å². The predicted molar refractivity (Wildman–Crippen MR) is 63.5 cm³/mol. The highest BCUT2D eigenvalue weighted by Crippen LogP contribution is 2.09. The van der Waals surface area contributed by atoms with Gasteiger partial charge in [0.25, 0.3) is 5.56 Å². The summed E-state index contributed by atoms with van der Waals surface area (Å²) in [5.41, 5.74) is 5.21. The Bertz CT molecular complexity index is 640. The van der Waals surface area contributed by atoms with Gasteiger partial charge in [0.15, 0.2) is 0 Å². The normalized spacial score (nSPS) is 11.4. The summed E-state index contributed by atoms with van der Waals surface area (Å²) in [6.07, 6.45) is 0. The number of urea groups is 1. The van der Waals surface area contributed by atoms with E-state index < -0.39 is 23.2 Å². The first kappa shape index (κ1) is 13.5.